The van der Waals surface area contributed by atoms with Crippen molar-refractivity contribution in [3.63, 3.8) is 0 Å². The van der Waals surface area contributed by atoms with Crippen LogP contribution < -0.4 is 5.32 Å². The van der Waals surface area contributed by atoms with E-state index in [4.69, 9.17) is 16.3 Å². The molecule has 1 N–H and O–H groups in total. The normalized spacial score (nSPS) is 10.2. The molecule has 1 aromatic heterocycles. The maximum absolute atomic E-state index is 11.7. The summed E-state index contributed by atoms with van der Waals surface area (Å²) < 4.78 is 5.04. The van der Waals surface area contributed by atoms with E-state index < -0.39 is 5.97 Å². The van der Waals surface area contributed by atoms with Crippen LogP contribution in [0.5, 0.6) is 0 Å². The van der Waals surface area contributed by atoms with E-state index in [1.807, 2.05) is 0 Å². The molecule has 0 spiro atoms. The highest BCUT2D eigenvalue weighted by molar-refractivity contribution is 6.29. The lowest BCUT2D eigenvalue weighted by Crippen LogP contribution is -2.27. The maximum Gasteiger partial charge on any atom is 0.338 e. The largest absolute Gasteiger partial charge is 0.460 e. The predicted octanol–water partition coefficient (Wildman–Crippen LogP) is 2.98. The minimum Gasteiger partial charge on any atom is -0.460 e. The fourth-order valence-corrected chi connectivity index (χ4v) is 1.92. The third-order valence-electron chi connectivity index (χ3n) is 2.88. The summed E-state index contributed by atoms with van der Waals surface area (Å²) in [5.41, 5.74) is 0.348. The first-order valence-corrected chi connectivity index (χ1v) is 7.56. The highest BCUT2D eigenvalue weighted by Gasteiger charge is 2.08. The summed E-state index contributed by atoms with van der Waals surface area (Å²) in [6, 6.07) is 2.97. The summed E-state index contributed by atoms with van der Waals surface area (Å²) in [6.07, 6.45) is 6.23. The molecule has 0 aliphatic rings. The van der Waals surface area contributed by atoms with Gasteiger partial charge in [0.05, 0.1) is 12.1 Å². The minimum absolute atomic E-state index is 0.00546. The Labute approximate surface area is 130 Å². The zero-order valence-electron chi connectivity index (χ0n) is 12.2. The molecule has 0 radical (unpaired) electrons. The number of nitrogens with zero attached hydrogens (tertiary/aromatic N) is 1. The number of hydrogen-bond acceptors (Lipinski definition) is 4. The monoisotopic (exact) mass is 312 g/mol. The van der Waals surface area contributed by atoms with Crippen molar-refractivity contribution < 1.29 is 14.3 Å². The molecule has 0 bridgehead atoms. The number of pyridine rings is 1. The summed E-state index contributed by atoms with van der Waals surface area (Å²) >= 11 is 5.69. The molecular weight excluding hydrogens is 292 g/mol. The lowest BCUT2D eigenvalue weighted by atomic mass is 10.1. The molecule has 0 saturated carbocycles. The predicted molar refractivity (Wildman–Crippen MR) is 81.3 cm³/mol. The zero-order valence-corrected chi connectivity index (χ0v) is 13.0. The van der Waals surface area contributed by atoms with Crippen LogP contribution in [0.3, 0.4) is 0 Å². The van der Waals surface area contributed by atoms with Crippen LogP contribution in [0, 0.1) is 0 Å². The Bertz CT molecular complexity index is 466. The molecule has 21 heavy (non-hydrogen) atoms. The quantitative estimate of drug-likeness (QED) is 0.432. The van der Waals surface area contributed by atoms with Crippen LogP contribution >= 0.6 is 11.6 Å². The standard InChI is InChI=1S/C15H21ClN2O3/c1-2-3-4-5-6-14(19)18-9-10-21-15(20)12-7-8-17-13(16)11-12/h7-8,11H,2-6,9-10H2,1H3,(H,18,19). The third-order valence-corrected chi connectivity index (χ3v) is 3.08. The number of carbonyl (C=O) groups excluding carboxylic acids is 2. The molecule has 0 unspecified atom stereocenters. The first-order valence-electron chi connectivity index (χ1n) is 7.19. The van der Waals surface area contributed by atoms with E-state index in [0.717, 1.165) is 25.7 Å². The Morgan fingerprint density at radius 3 is 2.86 bits per heavy atom. The van der Waals surface area contributed by atoms with Crippen molar-refractivity contribution in [3.05, 3.63) is 29.0 Å². The number of amides is 1. The maximum atomic E-state index is 11.7. The molecule has 0 aromatic carbocycles. The van der Waals surface area contributed by atoms with Gasteiger partial charge in [-0.05, 0) is 18.6 Å². The Morgan fingerprint density at radius 2 is 2.14 bits per heavy atom. The minimum atomic E-state index is -0.475. The number of aromatic nitrogens is 1. The van der Waals surface area contributed by atoms with Gasteiger partial charge in [-0.2, -0.15) is 0 Å². The second-order valence-electron chi connectivity index (χ2n) is 4.66. The second-order valence-corrected chi connectivity index (χ2v) is 5.05. The van der Waals surface area contributed by atoms with Crippen molar-refractivity contribution >= 4 is 23.5 Å². The molecule has 1 amide bonds. The Morgan fingerprint density at radius 1 is 1.33 bits per heavy atom. The SMILES string of the molecule is CCCCCCC(=O)NCCOC(=O)c1ccnc(Cl)c1. The highest BCUT2D eigenvalue weighted by Crippen LogP contribution is 2.08. The lowest BCUT2D eigenvalue weighted by molar-refractivity contribution is -0.121. The number of rotatable bonds is 9. The van der Waals surface area contributed by atoms with Crippen molar-refractivity contribution in [1.29, 1.82) is 0 Å². The molecule has 116 valence electrons. The molecule has 1 aromatic rings. The van der Waals surface area contributed by atoms with Crippen molar-refractivity contribution in [1.82, 2.24) is 10.3 Å². The smallest absolute Gasteiger partial charge is 0.338 e. The van der Waals surface area contributed by atoms with Gasteiger partial charge in [0.25, 0.3) is 0 Å². The molecule has 1 rings (SSSR count). The van der Waals surface area contributed by atoms with Crippen LogP contribution in [0.2, 0.25) is 5.15 Å². The van der Waals surface area contributed by atoms with Gasteiger partial charge in [0.2, 0.25) is 5.91 Å². The number of carbonyl (C=O) groups is 2. The average molecular weight is 313 g/mol. The molecule has 0 fully saturated rings. The Balaban J connectivity index is 2.13. The Kier molecular flexibility index (Phi) is 8.43. The van der Waals surface area contributed by atoms with Gasteiger partial charge < -0.3 is 10.1 Å². The van der Waals surface area contributed by atoms with Gasteiger partial charge in [-0.25, -0.2) is 9.78 Å². The van der Waals surface area contributed by atoms with Crippen molar-refractivity contribution in [2.24, 2.45) is 0 Å². The second kappa shape index (κ2) is 10.2. The Hall–Kier alpha value is -1.62. The number of esters is 1. The molecule has 0 aliphatic carbocycles. The summed E-state index contributed by atoms with van der Waals surface area (Å²) in [5, 5.41) is 2.96. The van der Waals surface area contributed by atoms with Crippen LogP contribution in [-0.4, -0.2) is 30.0 Å². The highest BCUT2D eigenvalue weighted by atomic mass is 35.5. The molecule has 0 atom stereocenters. The zero-order chi connectivity index (χ0) is 15.5. The summed E-state index contributed by atoms with van der Waals surface area (Å²) in [7, 11) is 0. The number of hydrogen-bond donors (Lipinski definition) is 1. The van der Waals surface area contributed by atoms with Gasteiger partial charge in [0, 0.05) is 12.6 Å². The van der Waals surface area contributed by atoms with Crippen LogP contribution in [-0.2, 0) is 9.53 Å². The summed E-state index contributed by atoms with van der Waals surface area (Å²) in [6.45, 7) is 2.58. The van der Waals surface area contributed by atoms with Crippen LogP contribution in [0.4, 0.5) is 0 Å². The topological polar surface area (TPSA) is 68.3 Å². The average Bonchev–Trinajstić information content (AvgIpc) is 2.48. The van der Waals surface area contributed by atoms with Crippen molar-refractivity contribution in [2.45, 2.75) is 39.0 Å². The van der Waals surface area contributed by atoms with Crippen LogP contribution in [0.15, 0.2) is 18.3 Å². The fourth-order valence-electron chi connectivity index (χ4n) is 1.75. The number of halogens is 1. The van der Waals surface area contributed by atoms with E-state index in [-0.39, 0.29) is 17.7 Å². The third kappa shape index (κ3) is 7.66. The van der Waals surface area contributed by atoms with Gasteiger partial charge in [0.1, 0.15) is 11.8 Å². The molecule has 0 saturated heterocycles. The summed E-state index contributed by atoms with van der Waals surface area (Å²) in [4.78, 5) is 26.9. The van der Waals surface area contributed by atoms with E-state index in [1.54, 1.807) is 0 Å². The van der Waals surface area contributed by atoms with Gasteiger partial charge in [0.15, 0.2) is 0 Å². The lowest BCUT2D eigenvalue weighted by Gasteiger charge is -2.07. The first-order chi connectivity index (χ1) is 10.1. The van der Waals surface area contributed by atoms with Gasteiger partial charge >= 0.3 is 5.97 Å². The van der Waals surface area contributed by atoms with E-state index in [9.17, 15) is 9.59 Å². The van der Waals surface area contributed by atoms with Crippen LogP contribution in [0.1, 0.15) is 49.4 Å². The number of nitrogens with one attached hydrogen (secondary N) is 1. The van der Waals surface area contributed by atoms with E-state index in [1.165, 1.54) is 18.3 Å². The van der Waals surface area contributed by atoms with Crippen LogP contribution in [0.25, 0.3) is 0 Å². The van der Waals surface area contributed by atoms with E-state index in [0.29, 0.717) is 18.5 Å². The fraction of sp³-hybridized carbons (Fsp3) is 0.533. The van der Waals surface area contributed by atoms with Crippen molar-refractivity contribution in [2.75, 3.05) is 13.2 Å². The molecular formula is C15H21ClN2O3. The molecule has 1 heterocycles. The summed E-state index contributed by atoms with van der Waals surface area (Å²) in [5.74, 6) is -0.481. The number of ether oxygens (including phenoxy) is 1. The molecule has 6 heteroatoms. The molecule has 5 nitrogen and oxygen atoms in total. The number of unbranched alkanes of at least 4 members (excludes halogenated alkanes) is 3. The van der Waals surface area contributed by atoms with Gasteiger partial charge in [-0.1, -0.05) is 37.8 Å². The van der Waals surface area contributed by atoms with E-state index >= 15 is 0 Å². The van der Waals surface area contributed by atoms with E-state index in [2.05, 4.69) is 17.2 Å². The first kappa shape index (κ1) is 17.4. The molecule has 0 aliphatic heterocycles. The van der Waals surface area contributed by atoms with Gasteiger partial charge in [-0.15, -0.1) is 0 Å². The van der Waals surface area contributed by atoms with Gasteiger partial charge in [-0.3, -0.25) is 4.79 Å². The van der Waals surface area contributed by atoms with Crippen molar-refractivity contribution in [3.8, 4) is 0 Å².